The van der Waals surface area contributed by atoms with Gasteiger partial charge in [0.05, 0.1) is 11.8 Å². The number of fused-ring (bicyclic) bond motifs is 1. The maximum atomic E-state index is 12.2. The lowest BCUT2D eigenvalue weighted by Crippen LogP contribution is -2.32. The van der Waals surface area contributed by atoms with Crippen LogP contribution in [0.1, 0.15) is 21.5 Å². The minimum Gasteiger partial charge on any atom is -0.423 e. The lowest BCUT2D eigenvalue weighted by atomic mass is 10.1. The van der Waals surface area contributed by atoms with Crippen LogP contribution in [-0.2, 0) is 9.59 Å². The van der Waals surface area contributed by atoms with E-state index in [1.54, 1.807) is 48.5 Å². The first-order valence-corrected chi connectivity index (χ1v) is 10.5. The van der Waals surface area contributed by atoms with Gasteiger partial charge in [-0.25, -0.2) is 10.2 Å². The first-order chi connectivity index (χ1) is 16.5. The van der Waals surface area contributed by atoms with Crippen molar-refractivity contribution in [2.24, 2.45) is 5.10 Å². The third-order valence-corrected chi connectivity index (χ3v) is 5.00. The molecule has 0 aliphatic carbocycles. The number of nitrogens with one attached hydrogen (secondary N) is 2. The molecule has 2 amide bonds. The van der Waals surface area contributed by atoms with Crippen molar-refractivity contribution in [2.75, 3.05) is 5.32 Å². The summed E-state index contributed by atoms with van der Waals surface area (Å²) in [5, 5.41) is 8.20. The van der Waals surface area contributed by atoms with Gasteiger partial charge in [0.1, 0.15) is 5.75 Å². The van der Waals surface area contributed by atoms with Gasteiger partial charge in [-0.3, -0.25) is 9.59 Å². The Morgan fingerprint density at radius 2 is 1.50 bits per heavy atom. The number of ether oxygens (including phenoxy) is 1. The quantitative estimate of drug-likeness (QED) is 0.154. The van der Waals surface area contributed by atoms with E-state index in [0.717, 1.165) is 16.3 Å². The molecule has 0 saturated carbocycles. The van der Waals surface area contributed by atoms with Crippen LogP contribution in [0.2, 0.25) is 0 Å². The molecule has 0 unspecified atom stereocenters. The zero-order valence-corrected chi connectivity index (χ0v) is 18.3. The molecule has 0 aliphatic heterocycles. The summed E-state index contributed by atoms with van der Waals surface area (Å²) in [7, 11) is 0. The van der Waals surface area contributed by atoms with E-state index in [-0.39, 0.29) is 0 Å². The second-order valence-electron chi connectivity index (χ2n) is 7.50. The van der Waals surface area contributed by atoms with Gasteiger partial charge in [0.2, 0.25) is 0 Å². The van der Waals surface area contributed by atoms with Crippen molar-refractivity contribution >= 4 is 40.5 Å². The number of hydrazone groups is 1. The summed E-state index contributed by atoms with van der Waals surface area (Å²) < 4.78 is 5.35. The molecular formula is C27H21N3O4. The maximum absolute atomic E-state index is 12.2. The third-order valence-electron chi connectivity index (χ3n) is 5.00. The van der Waals surface area contributed by atoms with Gasteiger partial charge in [-0.2, -0.15) is 5.10 Å². The van der Waals surface area contributed by atoms with E-state index in [1.165, 1.54) is 6.21 Å². The van der Waals surface area contributed by atoms with E-state index in [4.69, 9.17) is 4.74 Å². The zero-order valence-electron chi connectivity index (χ0n) is 18.3. The lowest BCUT2D eigenvalue weighted by molar-refractivity contribution is -0.136. The summed E-state index contributed by atoms with van der Waals surface area (Å²) in [6.45, 7) is 1.94. The highest BCUT2D eigenvalue weighted by atomic mass is 16.5. The van der Waals surface area contributed by atoms with E-state index in [2.05, 4.69) is 15.8 Å². The van der Waals surface area contributed by atoms with E-state index >= 15 is 0 Å². The van der Waals surface area contributed by atoms with Gasteiger partial charge < -0.3 is 10.1 Å². The van der Waals surface area contributed by atoms with Crippen LogP contribution in [0.15, 0.2) is 96.1 Å². The molecule has 0 heterocycles. The molecule has 2 N–H and O–H groups in total. The third kappa shape index (κ3) is 5.52. The molecule has 4 rings (SSSR count). The smallest absolute Gasteiger partial charge is 0.343 e. The molecule has 4 aromatic rings. The highest BCUT2D eigenvalue weighted by molar-refractivity contribution is 6.40. The fraction of sp³-hybridized carbons (Fsp3) is 0.0370. The van der Waals surface area contributed by atoms with Crippen molar-refractivity contribution in [2.45, 2.75) is 6.92 Å². The molecule has 0 aliphatic rings. The van der Waals surface area contributed by atoms with Gasteiger partial charge >= 0.3 is 17.8 Å². The minimum atomic E-state index is -0.896. The highest BCUT2D eigenvalue weighted by Gasteiger charge is 2.14. The van der Waals surface area contributed by atoms with Crippen molar-refractivity contribution in [1.82, 2.24) is 5.43 Å². The Bertz CT molecular complexity index is 1370. The van der Waals surface area contributed by atoms with E-state index in [0.29, 0.717) is 22.6 Å². The zero-order chi connectivity index (χ0) is 23.9. The molecule has 0 aromatic heterocycles. The number of benzene rings is 4. The first-order valence-electron chi connectivity index (χ1n) is 10.5. The van der Waals surface area contributed by atoms with Crippen LogP contribution in [0.5, 0.6) is 5.75 Å². The predicted molar refractivity (Wildman–Crippen MR) is 131 cm³/mol. The average molecular weight is 451 g/mol. The molecular weight excluding hydrogens is 430 g/mol. The van der Waals surface area contributed by atoms with Crippen molar-refractivity contribution in [1.29, 1.82) is 0 Å². The van der Waals surface area contributed by atoms with Crippen LogP contribution in [0.25, 0.3) is 10.8 Å². The van der Waals surface area contributed by atoms with Crippen molar-refractivity contribution in [3.8, 4) is 5.75 Å². The Labute approximate surface area is 196 Å². The number of nitrogens with zero attached hydrogens (tertiary/aromatic N) is 1. The van der Waals surface area contributed by atoms with Crippen LogP contribution < -0.4 is 15.5 Å². The van der Waals surface area contributed by atoms with E-state index in [9.17, 15) is 14.4 Å². The first kappa shape index (κ1) is 22.4. The highest BCUT2D eigenvalue weighted by Crippen LogP contribution is 2.22. The minimum absolute atomic E-state index is 0.376. The molecule has 168 valence electrons. The Hall–Kier alpha value is -4.78. The van der Waals surface area contributed by atoms with Crippen LogP contribution >= 0.6 is 0 Å². The molecule has 0 bridgehead atoms. The number of rotatable bonds is 5. The van der Waals surface area contributed by atoms with Gasteiger partial charge in [-0.15, -0.1) is 0 Å². The Balaban J connectivity index is 1.31. The number of carbonyl (C=O) groups is 3. The molecule has 34 heavy (non-hydrogen) atoms. The van der Waals surface area contributed by atoms with Crippen LogP contribution in [0, 0.1) is 6.92 Å². The summed E-state index contributed by atoms with van der Waals surface area (Å²) in [4.78, 5) is 36.5. The normalized spacial score (nSPS) is 10.7. The molecule has 0 atom stereocenters. The number of aryl methyl sites for hydroxylation is 1. The Morgan fingerprint density at radius 3 is 2.26 bits per heavy atom. The van der Waals surface area contributed by atoms with Crippen molar-refractivity contribution < 1.29 is 19.1 Å². The molecule has 4 aromatic carbocycles. The summed E-state index contributed by atoms with van der Waals surface area (Å²) in [6.07, 6.45) is 1.38. The fourth-order valence-corrected chi connectivity index (χ4v) is 3.21. The van der Waals surface area contributed by atoms with Gasteiger partial charge in [0.25, 0.3) is 0 Å². The standard InChI is InChI=1S/C27H21N3O4/c1-18-9-13-21(14-10-18)27(33)34-22-15-11-19(12-16-22)17-28-30-26(32)25(31)29-24-8-4-6-20-5-2-3-7-23(20)24/h2-17H,1H3,(H,29,31)(H,30,32)/b28-17+. The number of amides is 2. The molecule has 7 nitrogen and oxygen atoms in total. The lowest BCUT2D eigenvalue weighted by Gasteiger charge is -2.07. The fourth-order valence-electron chi connectivity index (χ4n) is 3.21. The number of hydrogen-bond acceptors (Lipinski definition) is 5. The molecule has 0 saturated heterocycles. The van der Waals surface area contributed by atoms with Crippen LogP contribution in [0.4, 0.5) is 5.69 Å². The van der Waals surface area contributed by atoms with Gasteiger partial charge in [-0.1, -0.05) is 54.1 Å². The van der Waals surface area contributed by atoms with Gasteiger partial charge in [0.15, 0.2) is 0 Å². The van der Waals surface area contributed by atoms with E-state index < -0.39 is 17.8 Å². The SMILES string of the molecule is Cc1ccc(C(=O)Oc2ccc(/C=N/NC(=O)C(=O)Nc3cccc4ccccc34)cc2)cc1. The largest absolute Gasteiger partial charge is 0.423 e. The van der Waals surface area contributed by atoms with Crippen LogP contribution in [-0.4, -0.2) is 24.0 Å². The Kier molecular flexibility index (Phi) is 6.74. The number of anilines is 1. The second-order valence-corrected chi connectivity index (χ2v) is 7.50. The molecule has 0 radical (unpaired) electrons. The van der Waals surface area contributed by atoms with Crippen LogP contribution in [0.3, 0.4) is 0 Å². The number of esters is 1. The van der Waals surface area contributed by atoms with Crippen molar-refractivity contribution in [3.05, 3.63) is 108 Å². The topological polar surface area (TPSA) is 96.9 Å². The molecule has 0 fully saturated rings. The molecule has 0 spiro atoms. The number of carbonyl (C=O) groups excluding carboxylic acids is 3. The number of hydrogen-bond donors (Lipinski definition) is 2. The van der Waals surface area contributed by atoms with Crippen molar-refractivity contribution in [3.63, 3.8) is 0 Å². The summed E-state index contributed by atoms with van der Waals surface area (Å²) in [5.74, 6) is -1.80. The summed E-state index contributed by atoms with van der Waals surface area (Å²) in [6, 6.07) is 26.6. The Morgan fingerprint density at radius 1 is 0.794 bits per heavy atom. The van der Waals surface area contributed by atoms with Gasteiger partial charge in [0, 0.05) is 11.1 Å². The van der Waals surface area contributed by atoms with E-state index in [1.807, 2.05) is 49.4 Å². The second kappa shape index (κ2) is 10.2. The maximum Gasteiger partial charge on any atom is 0.343 e. The summed E-state index contributed by atoms with van der Waals surface area (Å²) >= 11 is 0. The monoisotopic (exact) mass is 451 g/mol. The predicted octanol–water partition coefficient (Wildman–Crippen LogP) is 4.46. The average Bonchev–Trinajstić information content (AvgIpc) is 2.85. The van der Waals surface area contributed by atoms with Gasteiger partial charge in [-0.05, 0) is 60.3 Å². The summed E-state index contributed by atoms with van der Waals surface area (Å²) in [5.41, 5.74) is 4.90. The molecule has 7 heteroatoms.